The van der Waals surface area contributed by atoms with E-state index in [0.29, 0.717) is 37.6 Å². The van der Waals surface area contributed by atoms with Gasteiger partial charge in [0.25, 0.3) is 0 Å². The van der Waals surface area contributed by atoms with Crippen molar-refractivity contribution in [2.45, 2.75) is 39.0 Å². The second-order valence-corrected chi connectivity index (χ2v) is 6.49. The van der Waals surface area contributed by atoms with Crippen LogP contribution in [0.1, 0.15) is 34.1 Å². The van der Waals surface area contributed by atoms with Crippen LogP contribution in [0.15, 0.2) is 23.1 Å². The zero-order valence-electron chi connectivity index (χ0n) is 13.5. The van der Waals surface area contributed by atoms with Crippen LogP contribution < -0.4 is 10.1 Å². The van der Waals surface area contributed by atoms with Crippen molar-refractivity contribution >= 4 is 21.6 Å². The lowest BCUT2D eigenvalue weighted by molar-refractivity contribution is -0.115. The van der Waals surface area contributed by atoms with Gasteiger partial charge in [-0.25, -0.2) is 8.42 Å². The number of anilines is 1. The average molecular weight is 328 g/mol. The van der Waals surface area contributed by atoms with Gasteiger partial charge >= 0.3 is 0 Å². The predicted octanol–water partition coefficient (Wildman–Crippen LogP) is 2.46. The molecule has 0 bridgehead atoms. The van der Waals surface area contributed by atoms with Crippen molar-refractivity contribution in [1.29, 1.82) is 0 Å². The molecule has 7 heteroatoms. The van der Waals surface area contributed by atoms with Gasteiger partial charge in [-0.1, -0.05) is 20.8 Å². The summed E-state index contributed by atoms with van der Waals surface area (Å²) in [6.07, 6.45) is 0.325. The van der Waals surface area contributed by atoms with Crippen LogP contribution in [0.4, 0.5) is 5.69 Å². The quantitative estimate of drug-likeness (QED) is 0.795. The van der Waals surface area contributed by atoms with E-state index in [4.69, 9.17) is 4.74 Å². The van der Waals surface area contributed by atoms with E-state index in [1.54, 1.807) is 39.8 Å². The van der Waals surface area contributed by atoms with Gasteiger partial charge in [-0.2, -0.15) is 4.31 Å². The Labute approximate surface area is 132 Å². The summed E-state index contributed by atoms with van der Waals surface area (Å²) in [4.78, 5) is 11.6. The Morgan fingerprint density at radius 3 is 2.32 bits per heavy atom. The van der Waals surface area contributed by atoms with E-state index < -0.39 is 10.0 Å². The largest absolute Gasteiger partial charge is 0.492 e. The number of rotatable bonds is 8. The highest BCUT2D eigenvalue weighted by Crippen LogP contribution is 2.30. The van der Waals surface area contributed by atoms with Gasteiger partial charge < -0.3 is 10.1 Å². The minimum absolute atomic E-state index is 0.0759. The first kappa shape index (κ1) is 18.4. The van der Waals surface area contributed by atoms with Crippen LogP contribution in [0.25, 0.3) is 0 Å². The molecule has 0 aliphatic heterocycles. The van der Waals surface area contributed by atoms with Gasteiger partial charge in [-0.3, -0.25) is 4.79 Å². The fraction of sp³-hybridized carbons (Fsp3) is 0.533. The van der Waals surface area contributed by atoms with Gasteiger partial charge in [0, 0.05) is 25.2 Å². The average Bonchev–Trinajstić information content (AvgIpc) is 2.49. The lowest BCUT2D eigenvalue weighted by Gasteiger charge is -2.21. The number of carbonyl (C=O) groups excluding carboxylic acids is 1. The standard InChI is InChI=1S/C15H24N2O4S/c1-5-15(18)16-12-9-10-13(21-8-4)14(11-12)22(19,20)17(6-2)7-3/h9-11H,5-8H2,1-4H3,(H,16,18). The van der Waals surface area contributed by atoms with Crippen molar-refractivity contribution in [1.82, 2.24) is 4.31 Å². The number of nitrogens with zero attached hydrogens (tertiary/aromatic N) is 1. The van der Waals surface area contributed by atoms with Crippen molar-refractivity contribution in [3.63, 3.8) is 0 Å². The first-order valence-electron chi connectivity index (χ1n) is 7.47. The number of nitrogens with one attached hydrogen (secondary N) is 1. The molecule has 0 heterocycles. The fourth-order valence-electron chi connectivity index (χ4n) is 2.01. The van der Waals surface area contributed by atoms with E-state index in [-0.39, 0.29) is 10.8 Å². The predicted molar refractivity (Wildman–Crippen MR) is 86.6 cm³/mol. The van der Waals surface area contributed by atoms with E-state index in [2.05, 4.69) is 5.32 Å². The molecular formula is C15H24N2O4S. The molecule has 0 saturated carbocycles. The first-order chi connectivity index (χ1) is 10.4. The molecule has 0 fully saturated rings. The Balaban J connectivity index is 3.34. The molecule has 0 unspecified atom stereocenters. The van der Waals surface area contributed by atoms with E-state index in [1.807, 2.05) is 0 Å². The Bertz CT molecular complexity index is 610. The minimum atomic E-state index is -3.66. The maximum absolute atomic E-state index is 12.7. The van der Waals surface area contributed by atoms with Gasteiger partial charge in [0.05, 0.1) is 6.61 Å². The second kappa shape index (κ2) is 8.14. The molecule has 1 aromatic rings. The van der Waals surface area contributed by atoms with Crippen molar-refractivity contribution in [2.24, 2.45) is 0 Å². The van der Waals surface area contributed by atoms with Crippen LogP contribution in [-0.4, -0.2) is 38.3 Å². The molecule has 0 aliphatic carbocycles. The molecule has 0 spiro atoms. The normalized spacial score (nSPS) is 11.5. The molecule has 0 atom stereocenters. The van der Waals surface area contributed by atoms with Crippen LogP contribution in [0, 0.1) is 0 Å². The van der Waals surface area contributed by atoms with E-state index in [9.17, 15) is 13.2 Å². The molecule has 6 nitrogen and oxygen atoms in total. The van der Waals surface area contributed by atoms with Gasteiger partial charge in [-0.05, 0) is 25.1 Å². The lowest BCUT2D eigenvalue weighted by Crippen LogP contribution is -2.31. The summed E-state index contributed by atoms with van der Waals surface area (Å²) < 4.78 is 32.2. The van der Waals surface area contributed by atoms with Crippen LogP contribution in [0.5, 0.6) is 5.75 Å². The number of sulfonamides is 1. The van der Waals surface area contributed by atoms with Gasteiger partial charge in [0.1, 0.15) is 10.6 Å². The second-order valence-electron chi connectivity index (χ2n) is 4.59. The van der Waals surface area contributed by atoms with Crippen molar-refractivity contribution in [3.05, 3.63) is 18.2 Å². The molecule has 1 rings (SSSR count). The highest BCUT2D eigenvalue weighted by molar-refractivity contribution is 7.89. The third-order valence-corrected chi connectivity index (χ3v) is 5.24. The molecule has 1 aromatic carbocycles. The third-order valence-electron chi connectivity index (χ3n) is 3.17. The molecule has 0 radical (unpaired) electrons. The summed E-state index contributed by atoms with van der Waals surface area (Å²) in [6.45, 7) is 8.19. The maximum Gasteiger partial charge on any atom is 0.246 e. The number of hydrogen-bond donors (Lipinski definition) is 1. The monoisotopic (exact) mass is 328 g/mol. The molecule has 22 heavy (non-hydrogen) atoms. The molecule has 124 valence electrons. The summed E-state index contributed by atoms with van der Waals surface area (Å²) in [5.74, 6) is 0.124. The van der Waals surface area contributed by atoms with Crippen LogP contribution >= 0.6 is 0 Å². The van der Waals surface area contributed by atoms with E-state index in [1.165, 1.54) is 10.4 Å². The number of hydrogen-bond acceptors (Lipinski definition) is 4. The first-order valence-corrected chi connectivity index (χ1v) is 8.91. The third kappa shape index (κ3) is 4.20. The van der Waals surface area contributed by atoms with Crippen LogP contribution in [0.3, 0.4) is 0 Å². The Morgan fingerprint density at radius 1 is 1.18 bits per heavy atom. The molecule has 0 saturated heterocycles. The zero-order chi connectivity index (χ0) is 16.8. The number of benzene rings is 1. The molecule has 1 N–H and O–H groups in total. The summed E-state index contributed by atoms with van der Waals surface area (Å²) in [7, 11) is -3.66. The number of carbonyl (C=O) groups is 1. The highest BCUT2D eigenvalue weighted by Gasteiger charge is 2.26. The summed E-state index contributed by atoms with van der Waals surface area (Å²) in [5, 5.41) is 2.67. The van der Waals surface area contributed by atoms with E-state index in [0.717, 1.165) is 0 Å². The lowest BCUT2D eigenvalue weighted by atomic mass is 10.3. The summed E-state index contributed by atoms with van der Waals surface area (Å²) in [5.41, 5.74) is 0.445. The van der Waals surface area contributed by atoms with Crippen molar-refractivity contribution < 1.29 is 17.9 Å². The highest BCUT2D eigenvalue weighted by atomic mass is 32.2. The number of ether oxygens (including phenoxy) is 1. The maximum atomic E-state index is 12.7. The Morgan fingerprint density at radius 2 is 1.82 bits per heavy atom. The summed E-state index contributed by atoms with van der Waals surface area (Å²) >= 11 is 0. The van der Waals surface area contributed by atoms with Gasteiger partial charge in [0.15, 0.2) is 0 Å². The minimum Gasteiger partial charge on any atom is -0.492 e. The smallest absolute Gasteiger partial charge is 0.246 e. The number of amides is 1. The van der Waals surface area contributed by atoms with Gasteiger partial charge in [-0.15, -0.1) is 0 Å². The molecular weight excluding hydrogens is 304 g/mol. The van der Waals surface area contributed by atoms with Crippen molar-refractivity contribution in [3.8, 4) is 5.75 Å². The van der Waals surface area contributed by atoms with Gasteiger partial charge in [0.2, 0.25) is 15.9 Å². The molecule has 1 amide bonds. The van der Waals surface area contributed by atoms with Crippen molar-refractivity contribution in [2.75, 3.05) is 25.0 Å². The molecule has 0 aromatic heterocycles. The zero-order valence-corrected chi connectivity index (χ0v) is 14.4. The Kier molecular flexibility index (Phi) is 6.83. The van der Waals surface area contributed by atoms with E-state index >= 15 is 0 Å². The fourth-order valence-corrected chi connectivity index (χ4v) is 3.63. The van der Waals surface area contributed by atoms with Crippen LogP contribution in [-0.2, 0) is 14.8 Å². The SMILES string of the molecule is CCOc1ccc(NC(=O)CC)cc1S(=O)(=O)N(CC)CC. The summed E-state index contributed by atoms with van der Waals surface area (Å²) in [6, 6.07) is 4.66. The Hall–Kier alpha value is -1.60. The molecule has 0 aliphatic rings. The topological polar surface area (TPSA) is 75.7 Å². The van der Waals surface area contributed by atoms with Crippen LogP contribution in [0.2, 0.25) is 0 Å².